The summed E-state index contributed by atoms with van der Waals surface area (Å²) in [5.74, 6) is 0.401. The van der Waals surface area contributed by atoms with E-state index in [4.69, 9.17) is 10.5 Å². The first-order valence-corrected chi connectivity index (χ1v) is 13.0. The van der Waals surface area contributed by atoms with Crippen molar-refractivity contribution in [1.82, 2.24) is 9.97 Å². The van der Waals surface area contributed by atoms with Crippen LogP contribution in [0.2, 0.25) is 0 Å². The second kappa shape index (κ2) is 10.2. The van der Waals surface area contributed by atoms with E-state index in [2.05, 4.69) is 28.7 Å². The van der Waals surface area contributed by atoms with Gasteiger partial charge < -0.3 is 15.4 Å². The highest BCUT2D eigenvalue weighted by atomic mass is 19.1. The number of morpholine rings is 1. The number of fused-ring (bicyclic) bond motifs is 1. The highest BCUT2D eigenvalue weighted by Gasteiger charge is 2.28. The van der Waals surface area contributed by atoms with Gasteiger partial charge in [0.15, 0.2) is 5.78 Å². The topological polar surface area (TPSA) is 81.3 Å². The molecule has 0 radical (unpaired) electrons. The van der Waals surface area contributed by atoms with E-state index in [1.807, 2.05) is 19.1 Å². The molecule has 1 saturated carbocycles. The monoisotopic (exact) mass is 490 g/mol. The van der Waals surface area contributed by atoms with Gasteiger partial charge in [-0.2, -0.15) is 0 Å². The van der Waals surface area contributed by atoms with Crippen LogP contribution >= 0.6 is 0 Å². The molecule has 0 amide bonds. The van der Waals surface area contributed by atoms with Crippen molar-refractivity contribution >= 4 is 22.4 Å². The van der Waals surface area contributed by atoms with E-state index in [0.717, 1.165) is 36.1 Å². The van der Waals surface area contributed by atoms with Crippen LogP contribution < -0.4 is 10.6 Å². The summed E-state index contributed by atoms with van der Waals surface area (Å²) in [6, 6.07) is 7.10. The smallest absolute Gasteiger partial charge is 0.169 e. The predicted molar refractivity (Wildman–Crippen MR) is 140 cm³/mol. The average molecular weight is 491 g/mol. The number of Topliss-reactive ketones (excluding diaryl/α,β-unsaturated/α-hetero) is 1. The Labute approximate surface area is 212 Å². The van der Waals surface area contributed by atoms with E-state index in [1.165, 1.54) is 6.07 Å². The molecule has 0 bridgehead atoms. The molecule has 2 unspecified atom stereocenters. The summed E-state index contributed by atoms with van der Waals surface area (Å²) < 4.78 is 20.7. The first-order valence-electron chi connectivity index (χ1n) is 13.0. The van der Waals surface area contributed by atoms with Gasteiger partial charge >= 0.3 is 0 Å². The number of anilines is 1. The highest BCUT2D eigenvalue weighted by molar-refractivity contribution is 6.08. The summed E-state index contributed by atoms with van der Waals surface area (Å²) in [7, 11) is 0. The van der Waals surface area contributed by atoms with Crippen molar-refractivity contribution in [1.29, 1.82) is 0 Å². The molecule has 1 saturated heterocycles. The molecule has 190 valence electrons. The first kappa shape index (κ1) is 24.8. The lowest BCUT2D eigenvalue weighted by Crippen LogP contribution is -2.47. The zero-order chi connectivity index (χ0) is 25.4. The summed E-state index contributed by atoms with van der Waals surface area (Å²) in [6.45, 7) is 7.66. The van der Waals surface area contributed by atoms with Crippen molar-refractivity contribution in [3.8, 4) is 0 Å². The van der Waals surface area contributed by atoms with Gasteiger partial charge in [0.25, 0.3) is 0 Å². The molecule has 2 aromatic heterocycles. The molecule has 2 aliphatic rings. The van der Waals surface area contributed by atoms with Crippen LogP contribution in [0.25, 0.3) is 10.9 Å². The number of ether oxygens (including phenoxy) is 1. The van der Waals surface area contributed by atoms with Crippen LogP contribution in [0.15, 0.2) is 42.9 Å². The van der Waals surface area contributed by atoms with Crippen LogP contribution in [-0.2, 0) is 11.2 Å². The number of hydrogen-bond acceptors (Lipinski definition) is 6. The molecule has 1 aromatic carbocycles. The highest BCUT2D eigenvalue weighted by Crippen LogP contribution is 2.37. The summed E-state index contributed by atoms with van der Waals surface area (Å²) in [4.78, 5) is 24.6. The van der Waals surface area contributed by atoms with Crippen LogP contribution in [0.5, 0.6) is 0 Å². The van der Waals surface area contributed by atoms with Crippen molar-refractivity contribution in [3.63, 3.8) is 0 Å². The molecule has 6 nitrogen and oxygen atoms in total. The van der Waals surface area contributed by atoms with Crippen molar-refractivity contribution in [2.45, 2.75) is 70.6 Å². The SMILES string of the molecule is CC1CN(c2cnc3c(C(=O)Cc4cnccc4[C@@H]4C[C@H](C)C[C@H](N)C4)ccc(F)c3c2)C(C)CO1. The molecular weight excluding hydrogens is 455 g/mol. The fraction of sp³-hybridized carbons (Fsp3) is 0.483. The Morgan fingerprint density at radius 1 is 1.17 bits per heavy atom. The quantitative estimate of drug-likeness (QED) is 0.505. The molecule has 2 N–H and O–H groups in total. The molecule has 7 heteroatoms. The summed E-state index contributed by atoms with van der Waals surface area (Å²) in [6.07, 6.45) is 8.62. The van der Waals surface area contributed by atoms with Gasteiger partial charge in [-0.3, -0.25) is 14.8 Å². The maximum atomic E-state index is 14.9. The lowest BCUT2D eigenvalue weighted by molar-refractivity contribution is 0.0343. The van der Waals surface area contributed by atoms with Crippen LogP contribution in [-0.4, -0.2) is 47.1 Å². The van der Waals surface area contributed by atoms with E-state index in [-0.39, 0.29) is 36.2 Å². The molecule has 0 spiro atoms. The number of hydrogen-bond donors (Lipinski definition) is 1. The number of aromatic nitrogens is 2. The predicted octanol–water partition coefficient (Wildman–Crippen LogP) is 5.04. The minimum absolute atomic E-state index is 0.0870. The summed E-state index contributed by atoms with van der Waals surface area (Å²) >= 11 is 0. The van der Waals surface area contributed by atoms with Crippen molar-refractivity contribution < 1.29 is 13.9 Å². The van der Waals surface area contributed by atoms with Gasteiger partial charge in [0.05, 0.1) is 30.1 Å². The Morgan fingerprint density at radius 2 is 2.00 bits per heavy atom. The molecular formula is C29H35FN4O2. The number of carbonyl (C=O) groups is 1. The normalized spacial score (nSPS) is 26.8. The fourth-order valence-electron chi connectivity index (χ4n) is 5.98. The number of halogens is 1. The minimum Gasteiger partial charge on any atom is -0.375 e. The van der Waals surface area contributed by atoms with Crippen molar-refractivity contribution in [3.05, 3.63) is 65.4 Å². The van der Waals surface area contributed by atoms with Gasteiger partial charge in [0, 0.05) is 48.4 Å². The summed E-state index contributed by atoms with van der Waals surface area (Å²) in [5, 5.41) is 0.364. The van der Waals surface area contributed by atoms with E-state index in [9.17, 15) is 9.18 Å². The van der Waals surface area contributed by atoms with Gasteiger partial charge in [-0.15, -0.1) is 0 Å². The third-order valence-electron chi connectivity index (χ3n) is 7.73. The lowest BCUT2D eigenvalue weighted by Gasteiger charge is -2.38. The maximum absolute atomic E-state index is 14.9. The largest absolute Gasteiger partial charge is 0.375 e. The average Bonchev–Trinajstić information content (AvgIpc) is 2.85. The van der Waals surface area contributed by atoms with E-state index >= 15 is 0 Å². The number of carbonyl (C=O) groups excluding carboxylic acids is 1. The number of pyridine rings is 2. The Kier molecular flexibility index (Phi) is 7.04. The molecule has 3 heterocycles. The fourth-order valence-corrected chi connectivity index (χ4v) is 5.98. The van der Waals surface area contributed by atoms with Gasteiger partial charge in [-0.1, -0.05) is 6.92 Å². The second-order valence-electron chi connectivity index (χ2n) is 10.8. The van der Waals surface area contributed by atoms with Crippen LogP contribution in [0.4, 0.5) is 10.1 Å². The lowest BCUT2D eigenvalue weighted by atomic mass is 9.75. The molecule has 1 aliphatic carbocycles. The molecule has 5 rings (SSSR count). The van der Waals surface area contributed by atoms with Gasteiger partial charge in [-0.05, 0) is 80.3 Å². The standard InChI is InChI=1S/C29H35FN4O2/c1-17-8-20(10-22(31)9-17)24-6-7-32-13-21(24)11-28(35)25-4-5-27(30)26-12-23(14-33-29(25)26)34-15-19(3)36-16-18(34)2/h4-7,12-14,17-20,22H,8-11,15-16,31H2,1-3H3/t17-,18?,19?,20+,22-/m0/s1. The number of nitrogens with zero attached hydrogens (tertiary/aromatic N) is 3. The third kappa shape index (κ3) is 5.00. The Hall–Kier alpha value is -2.90. The second-order valence-corrected chi connectivity index (χ2v) is 10.8. The minimum atomic E-state index is -0.378. The maximum Gasteiger partial charge on any atom is 0.169 e. The van der Waals surface area contributed by atoms with E-state index in [1.54, 1.807) is 24.7 Å². The molecule has 3 aromatic rings. The van der Waals surface area contributed by atoms with Gasteiger partial charge in [0.1, 0.15) is 5.82 Å². The van der Waals surface area contributed by atoms with E-state index < -0.39 is 0 Å². The first-order chi connectivity index (χ1) is 17.3. The molecule has 36 heavy (non-hydrogen) atoms. The zero-order valence-corrected chi connectivity index (χ0v) is 21.3. The Balaban J connectivity index is 1.45. The Bertz CT molecular complexity index is 1260. The number of rotatable bonds is 5. The summed E-state index contributed by atoms with van der Waals surface area (Å²) in [5.41, 5.74) is 10.1. The Morgan fingerprint density at radius 3 is 2.81 bits per heavy atom. The zero-order valence-electron chi connectivity index (χ0n) is 21.3. The van der Waals surface area contributed by atoms with Gasteiger partial charge in [-0.25, -0.2) is 4.39 Å². The molecule has 5 atom stereocenters. The van der Waals surface area contributed by atoms with E-state index in [0.29, 0.717) is 41.5 Å². The van der Waals surface area contributed by atoms with Crippen molar-refractivity contribution in [2.75, 3.05) is 18.1 Å². The van der Waals surface area contributed by atoms with Crippen LogP contribution in [0.1, 0.15) is 67.4 Å². The van der Waals surface area contributed by atoms with Crippen molar-refractivity contribution in [2.24, 2.45) is 11.7 Å². The van der Waals surface area contributed by atoms with Crippen LogP contribution in [0.3, 0.4) is 0 Å². The van der Waals surface area contributed by atoms with Crippen LogP contribution in [0, 0.1) is 11.7 Å². The number of benzene rings is 1. The molecule has 2 fully saturated rings. The third-order valence-corrected chi connectivity index (χ3v) is 7.73. The molecule has 1 aliphatic heterocycles. The van der Waals surface area contributed by atoms with Gasteiger partial charge in [0.2, 0.25) is 0 Å². The number of nitrogens with two attached hydrogens (primary N) is 1. The number of ketones is 1.